The van der Waals surface area contributed by atoms with Gasteiger partial charge in [0.2, 0.25) is 0 Å². The van der Waals surface area contributed by atoms with E-state index in [1.807, 2.05) is 11.7 Å². The molecule has 0 radical (unpaired) electrons. The van der Waals surface area contributed by atoms with E-state index in [-0.39, 0.29) is 0 Å². The van der Waals surface area contributed by atoms with Gasteiger partial charge < -0.3 is 5.32 Å². The molecule has 1 N–H and O–H groups in total. The van der Waals surface area contributed by atoms with E-state index >= 15 is 0 Å². The molecule has 4 heteroatoms. The molecule has 0 fully saturated rings. The normalized spacial score (nSPS) is 14.7. The van der Waals surface area contributed by atoms with Gasteiger partial charge >= 0.3 is 0 Å². The van der Waals surface area contributed by atoms with Gasteiger partial charge in [-0.2, -0.15) is 16.4 Å². The zero-order chi connectivity index (χ0) is 13.1. The summed E-state index contributed by atoms with van der Waals surface area (Å²) in [6, 6.07) is 3.00. The van der Waals surface area contributed by atoms with Gasteiger partial charge in [0.25, 0.3) is 0 Å². The molecule has 2 rings (SSSR count). The molecule has 0 saturated heterocycles. The Bertz CT molecular complexity index is 487. The van der Waals surface area contributed by atoms with E-state index < -0.39 is 0 Å². The molecule has 2 unspecified atom stereocenters. The summed E-state index contributed by atoms with van der Waals surface area (Å²) in [7, 11) is 1.97. The number of nitrogens with zero attached hydrogens (tertiary/aromatic N) is 2. The van der Waals surface area contributed by atoms with Crippen LogP contribution in [-0.2, 0) is 13.5 Å². The molecule has 0 aliphatic rings. The van der Waals surface area contributed by atoms with Crippen LogP contribution in [0, 0.1) is 6.92 Å². The van der Waals surface area contributed by atoms with Crippen LogP contribution in [0.1, 0.15) is 36.7 Å². The smallest absolute Gasteiger partial charge is 0.0641 e. The number of thiophene rings is 1. The number of aryl methyl sites for hydroxylation is 2. The van der Waals surface area contributed by atoms with E-state index in [1.54, 1.807) is 11.3 Å². The van der Waals surface area contributed by atoms with Gasteiger partial charge in [-0.15, -0.1) is 0 Å². The second-order valence-electron chi connectivity index (χ2n) is 4.97. The molecule has 18 heavy (non-hydrogen) atoms. The Morgan fingerprint density at radius 1 is 1.44 bits per heavy atom. The predicted molar refractivity (Wildman–Crippen MR) is 77.0 cm³/mol. The highest BCUT2D eigenvalue weighted by Gasteiger charge is 2.14. The SMILES string of the molecule is Cc1nn(C)cc1C(C)NC(C)Cc1ccsc1. The Morgan fingerprint density at radius 3 is 2.78 bits per heavy atom. The van der Waals surface area contributed by atoms with Crippen molar-refractivity contribution in [2.24, 2.45) is 7.05 Å². The standard InChI is InChI=1S/C14H21N3S/c1-10(7-13-5-6-18-9-13)15-11(2)14-8-17(4)16-12(14)3/h5-6,8-11,15H,7H2,1-4H3. The van der Waals surface area contributed by atoms with Crippen molar-refractivity contribution in [1.29, 1.82) is 0 Å². The van der Waals surface area contributed by atoms with Crippen LogP contribution in [0.5, 0.6) is 0 Å². The van der Waals surface area contributed by atoms with Crippen molar-refractivity contribution < 1.29 is 0 Å². The van der Waals surface area contributed by atoms with Gasteiger partial charge in [-0.05, 0) is 49.6 Å². The molecule has 0 aliphatic carbocycles. The van der Waals surface area contributed by atoms with E-state index in [9.17, 15) is 0 Å². The van der Waals surface area contributed by atoms with E-state index in [2.05, 4.69) is 54.2 Å². The molecule has 2 aromatic rings. The second kappa shape index (κ2) is 5.67. The highest BCUT2D eigenvalue weighted by Crippen LogP contribution is 2.17. The molecule has 0 saturated carbocycles. The molecule has 0 amide bonds. The van der Waals surface area contributed by atoms with E-state index in [4.69, 9.17) is 0 Å². The summed E-state index contributed by atoms with van der Waals surface area (Å²) < 4.78 is 1.88. The lowest BCUT2D eigenvalue weighted by molar-refractivity contribution is 0.476. The van der Waals surface area contributed by atoms with E-state index in [1.165, 1.54) is 11.1 Å². The fourth-order valence-electron chi connectivity index (χ4n) is 2.38. The van der Waals surface area contributed by atoms with Crippen LogP contribution < -0.4 is 5.32 Å². The van der Waals surface area contributed by atoms with Crippen molar-refractivity contribution in [3.63, 3.8) is 0 Å². The largest absolute Gasteiger partial charge is 0.307 e. The Kier molecular flexibility index (Phi) is 4.19. The first-order valence-electron chi connectivity index (χ1n) is 6.33. The second-order valence-corrected chi connectivity index (χ2v) is 5.75. The fraction of sp³-hybridized carbons (Fsp3) is 0.500. The Hall–Kier alpha value is -1.13. The molecule has 0 spiro atoms. The molecule has 0 aliphatic heterocycles. The van der Waals surface area contributed by atoms with Crippen molar-refractivity contribution in [3.05, 3.63) is 39.8 Å². The minimum Gasteiger partial charge on any atom is -0.307 e. The lowest BCUT2D eigenvalue weighted by Gasteiger charge is -2.19. The van der Waals surface area contributed by atoms with Crippen LogP contribution in [0.15, 0.2) is 23.0 Å². The predicted octanol–water partition coefficient (Wildman–Crippen LogP) is 3.07. The molecule has 3 nitrogen and oxygen atoms in total. The molecular weight excluding hydrogens is 242 g/mol. The first-order valence-corrected chi connectivity index (χ1v) is 7.28. The van der Waals surface area contributed by atoms with Crippen LogP contribution in [0.4, 0.5) is 0 Å². The number of aromatic nitrogens is 2. The van der Waals surface area contributed by atoms with Crippen LogP contribution in [0.2, 0.25) is 0 Å². The summed E-state index contributed by atoms with van der Waals surface area (Å²) in [5.74, 6) is 0. The Morgan fingerprint density at radius 2 is 2.22 bits per heavy atom. The lowest BCUT2D eigenvalue weighted by atomic mass is 10.1. The van der Waals surface area contributed by atoms with Gasteiger partial charge in [-0.3, -0.25) is 4.68 Å². The van der Waals surface area contributed by atoms with Gasteiger partial charge in [0.15, 0.2) is 0 Å². The van der Waals surface area contributed by atoms with Gasteiger partial charge in [0.1, 0.15) is 0 Å². The first-order chi connectivity index (χ1) is 8.56. The molecule has 98 valence electrons. The van der Waals surface area contributed by atoms with Gasteiger partial charge in [-0.25, -0.2) is 0 Å². The number of nitrogens with one attached hydrogen (secondary N) is 1. The van der Waals surface area contributed by atoms with Crippen LogP contribution in [0.25, 0.3) is 0 Å². The summed E-state index contributed by atoms with van der Waals surface area (Å²) in [4.78, 5) is 0. The average Bonchev–Trinajstić information content (AvgIpc) is 2.88. The maximum Gasteiger partial charge on any atom is 0.0641 e. The molecule has 2 heterocycles. The van der Waals surface area contributed by atoms with Crippen LogP contribution >= 0.6 is 11.3 Å². The summed E-state index contributed by atoms with van der Waals surface area (Å²) in [5, 5.41) is 12.4. The summed E-state index contributed by atoms with van der Waals surface area (Å²) in [5.41, 5.74) is 3.81. The van der Waals surface area contributed by atoms with Crippen molar-refractivity contribution >= 4 is 11.3 Å². The van der Waals surface area contributed by atoms with Crippen molar-refractivity contribution in [1.82, 2.24) is 15.1 Å². The average molecular weight is 263 g/mol. The molecule has 0 bridgehead atoms. The quantitative estimate of drug-likeness (QED) is 0.898. The number of hydrogen-bond acceptors (Lipinski definition) is 3. The topological polar surface area (TPSA) is 29.9 Å². The van der Waals surface area contributed by atoms with E-state index in [0.29, 0.717) is 12.1 Å². The Balaban J connectivity index is 1.94. The fourth-order valence-corrected chi connectivity index (χ4v) is 3.06. The van der Waals surface area contributed by atoms with Gasteiger partial charge in [0, 0.05) is 30.9 Å². The minimum atomic E-state index is 0.340. The Labute approximate surface area is 113 Å². The summed E-state index contributed by atoms with van der Waals surface area (Å²) >= 11 is 1.76. The third kappa shape index (κ3) is 3.21. The third-order valence-electron chi connectivity index (χ3n) is 3.17. The highest BCUT2D eigenvalue weighted by atomic mass is 32.1. The number of hydrogen-bond donors (Lipinski definition) is 1. The zero-order valence-electron chi connectivity index (χ0n) is 11.5. The highest BCUT2D eigenvalue weighted by molar-refractivity contribution is 7.07. The minimum absolute atomic E-state index is 0.340. The van der Waals surface area contributed by atoms with Crippen LogP contribution in [-0.4, -0.2) is 15.8 Å². The van der Waals surface area contributed by atoms with E-state index in [0.717, 1.165) is 12.1 Å². The molecular formula is C14H21N3S. The molecule has 2 atom stereocenters. The van der Waals surface area contributed by atoms with Crippen molar-refractivity contribution in [3.8, 4) is 0 Å². The first kappa shape index (κ1) is 13.3. The maximum atomic E-state index is 4.39. The molecule has 0 aromatic carbocycles. The lowest BCUT2D eigenvalue weighted by Crippen LogP contribution is -2.30. The maximum absolute atomic E-state index is 4.39. The van der Waals surface area contributed by atoms with Gasteiger partial charge in [0.05, 0.1) is 5.69 Å². The van der Waals surface area contributed by atoms with Gasteiger partial charge in [-0.1, -0.05) is 0 Å². The van der Waals surface area contributed by atoms with Crippen molar-refractivity contribution in [2.45, 2.75) is 39.3 Å². The van der Waals surface area contributed by atoms with Crippen molar-refractivity contribution in [2.75, 3.05) is 0 Å². The van der Waals surface area contributed by atoms with Crippen LogP contribution in [0.3, 0.4) is 0 Å². The number of rotatable bonds is 5. The summed E-state index contributed by atoms with van der Waals surface area (Å²) in [6.07, 6.45) is 3.18. The molecule has 2 aromatic heterocycles. The summed E-state index contributed by atoms with van der Waals surface area (Å²) in [6.45, 7) is 6.51. The zero-order valence-corrected chi connectivity index (χ0v) is 12.3. The third-order valence-corrected chi connectivity index (χ3v) is 3.91. The monoisotopic (exact) mass is 263 g/mol.